The van der Waals surface area contributed by atoms with E-state index in [-0.39, 0.29) is 11.3 Å². The lowest BCUT2D eigenvalue weighted by Gasteiger charge is -2.21. The Morgan fingerprint density at radius 3 is 2.89 bits per heavy atom. The number of hydrogen-bond donors (Lipinski definition) is 2. The average molecular weight is 261 g/mol. The third kappa shape index (κ3) is 3.55. The minimum atomic E-state index is -0.280. The van der Waals surface area contributed by atoms with Crippen molar-refractivity contribution in [3.63, 3.8) is 0 Å². The maximum Gasteiger partial charge on any atom is 0.231 e. The van der Waals surface area contributed by atoms with Crippen molar-refractivity contribution in [1.29, 1.82) is 0 Å². The summed E-state index contributed by atoms with van der Waals surface area (Å²) in [6.45, 7) is 4.58. The second kappa shape index (κ2) is 5.72. The molecule has 104 valence electrons. The molecule has 4 nitrogen and oxygen atoms in total. The lowest BCUT2D eigenvalue weighted by Crippen LogP contribution is -2.35. The van der Waals surface area contributed by atoms with E-state index < -0.39 is 0 Å². The second-order valence-corrected chi connectivity index (χ2v) is 5.88. The number of carbonyl (C=O) groups is 1. The summed E-state index contributed by atoms with van der Waals surface area (Å²) in [5, 5.41) is 6.29. The molecule has 0 aromatic heterocycles. The summed E-state index contributed by atoms with van der Waals surface area (Å²) in [5.41, 5.74) is 1.81. The third-order valence-corrected chi connectivity index (χ3v) is 3.60. The summed E-state index contributed by atoms with van der Waals surface area (Å²) in [6, 6.07) is 8.06. The second-order valence-electron chi connectivity index (χ2n) is 5.88. The molecule has 1 aromatic carbocycles. The van der Waals surface area contributed by atoms with Crippen molar-refractivity contribution in [3.8, 4) is 0 Å². The summed E-state index contributed by atoms with van der Waals surface area (Å²) in [6.07, 6.45) is 0.899. The Labute approximate surface area is 115 Å². The van der Waals surface area contributed by atoms with Crippen LogP contribution in [-0.2, 0) is 11.3 Å². The average Bonchev–Trinajstić information content (AvgIpc) is 2.77. The van der Waals surface area contributed by atoms with E-state index in [4.69, 9.17) is 0 Å². The standard InChI is InChI=1S/C15H23N3O/c1-15(7-8-16-11-15)14(19)17-13-6-4-5-12(9-13)10-18(2)3/h4-6,9,16H,7-8,10-11H2,1-3H3,(H,17,19). The number of nitrogens with zero attached hydrogens (tertiary/aromatic N) is 1. The van der Waals surface area contributed by atoms with E-state index in [1.165, 1.54) is 5.56 Å². The number of nitrogens with one attached hydrogen (secondary N) is 2. The molecule has 1 atom stereocenters. The number of rotatable bonds is 4. The van der Waals surface area contributed by atoms with Gasteiger partial charge in [-0.25, -0.2) is 0 Å². The van der Waals surface area contributed by atoms with Crippen LogP contribution in [0, 0.1) is 5.41 Å². The summed E-state index contributed by atoms with van der Waals surface area (Å²) in [5.74, 6) is 0.111. The molecule has 2 rings (SSSR count). The molecule has 0 bridgehead atoms. The number of hydrogen-bond acceptors (Lipinski definition) is 3. The largest absolute Gasteiger partial charge is 0.326 e. The zero-order valence-electron chi connectivity index (χ0n) is 12.0. The molecule has 1 aromatic rings. The summed E-state index contributed by atoms with van der Waals surface area (Å²) < 4.78 is 0. The van der Waals surface area contributed by atoms with Gasteiger partial charge in [0, 0.05) is 18.8 Å². The predicted octanol–water partition coefficient (Wildman–Crippen LogP) is 1.69. The summed E-state index contributed by atoms with van der Waals surface area (Å²) >= 11 is 0. The Morgan fingerprint density at radius 2 is 2.26 bits per heavy atom. The van der Waals surface area contributed by atoms with Crippen LogP contribution < -0.4 is 10.6 Å². The van der Waals surface area contributed by atoms with Crippen molar-refractivity contribution in [2.45, 2.75) is 19.9 Å². The predicted molar refractivity (Wildman–Crippen MR) is 78.1 cm³/mol. The maximum absolute atomic E-state index is 12.3. The first-order valence-electron chi connectivity index (χ1n) is 6.75. The van der Waals surface area contributed by atoms with Crippen LogP contribution in [-0.4, -0.2) is 38.0 Å². The van der Waals surface area contributed by atoms with Crippen LogP contribution in [0.3, 0.4) is 0 Å². The molecule has 0 spiro atoms. The molecule has 0 aliphatic carbocycles. The van der Waals surface area contributed by atoms with Crippen LogP contribution >= 0.6 is 0 Å². The van der Waals surface area contributed by atoms with E-state index in [2.05, 4.69) is 21.6 Å². The fourth-order valence-corrected chi connectivity index (χ4v) is 2.41. The first-order valence-corrected chi connectivity index (χ1v) is 6.75. The van der Waals surface area contributed by atoms with Crippen LogP contribution in [0.1, 0.15) is 18.9 Å². The molecule has 2 N–H and O–H groups in total. The highest BCUT2D eigenvalue weighted by molar-refractivity contribution is 5.95. The summed E-state index contributed by atoms with van der Waals surface area (Å²) in [7, 11) is 4.08. The molecule has 1 heterocycles. The molecule has 4 heteroatoms. The quantitative estimate of drug-likeness (QED) is 0.867. The van der Waals surface area contributed by atoms with Gasteiger partial charge in [0.25, 0.3) is 0 Å². The molecular formula is C15H23N3O. The number of carbonyl (C=O) groups excluding carboxylic acids is 1. The van der Waals surface area contributed by atoms with Crippen LogP contribution in [0.15, 0.2) is 24.3 Å². The van der Waals surface area contributed by atoms with Gasteiger partial charge in [0.05, 0.1) is 5.41 Å². The topological polar surface area (TPSA) is 44.4 Å². The van der Waals surface area contributed by atoms with Gasteiger partial charge in [-0.1, -0.05) is 12.1 Å². The van der Waals surface area contributed by atoms with E-state index in [1.54, 1.807) is 0 Å². The van der Waals surface area contributed by atoms with Gasteiger partial charge in [-0.3, -0.25) is 4.79 Å². The van der Waals surface area contributed by atoms with Crippen LogP contribution in [0.2, 0.25) is 0 Å². The molecular weight excluding hydrogens is 238 g/mol. The minimum absolute atomic E-state index is 0.111. The van der Waals surface area contributed by atoms with Gasteiger partial charge in [-0.05, 0) is 51.7 Å². The third-order valence-electron chi connectivity index (χ3n) is 3.60. The van der Waals surface area contributed by atoms with Crippen molar-refractivity contribution in [3.05, 3.63) is 29.8 Å². The van der Waals surface area contributed by atoms with Gasteiger partial charge < -0.3 is 15.5 Å². The molecule has 1 saturated heterocycles. The molecule has 1 aliphatic heterocycles. The summed E-state index contributed by atoms with van der Waals surface area (Å²) in [4.78, 5) is 14.4. The Hall–Kier alpha value is -1.39. The Morgan fingerprint density at radius 1 is 1.47 bits per heavy atom. The zero-order chi connectivity index (χ0) is 13.9. The lowest BCUT2D eigenvalue weighted by atomic mass is 9.88. The first-order chi connectivity index (χ1) is 8.99. The van der Waals surface area contributed by atoms with Gasteiger partial charge in [0.1, 0.15) is 0 Å². The number of benzene rings is 1. The van der Waals surface area contributed by atoms with Crippen molar-refractivity contribution >= 4 is 11.6 Å². The number of anilines is 1. The van der Waals surface area contributed by atoms with Gasteiger partial charge in [0.15, 0.2) is 0 Å². The molecule has 19 heavy (non-hydrogen) atoms. The molecule has 1 aliphatic rings. The van der Waals surface area contributed by atoms with E-state index in [0.29, 0.717) is 0 Å². The van der Waals surface area contributed by atoms with Crippen LogP contribution in [0.4, 0.5) is 5.69 Å². The molecule has 1 amide bonds. The monoisotopic (exact) mass is 261 g/mol. The minimum Gasteiger partial charge on any atom is -0.326 e. The highest BCUT2D eigenvalue weighted by Gasteiger charge is 2.36. The lowest BCUT2D eigenvalue weighted by molar-refractivity contribution is -0.123. The van der Waals surface area contributed by atoms with E-state index in [9.17, 15) is 4.79 Å². The molecule has 1 unspecified atom stereocenters. The zero-order valence-corrected chi connectivity index (χ0v) is 12.0. The van der Waals surface area contributed by atoms with Crippen LogP contribution in [0.25, 0.3) is 0 Å². The van der Waals surface area contributed by atoms with Crippen molar-refractivity contribution < 1.29 is 4.79 Å². The SMILES string of the molecule is CN(C)Cc1cccc(NC(=O)C2(C)CCNC2)c1. The fraction of sp³-hybridized carbons (Fsp3) is 0.533. The van der Waals surface area contributed by atoms with Gasteiger partial charge in [-0.2, -0.15) is 0 Å². The van der Waals surface area contributed by atoms with Crippen molar-refractivity contribution in [2.24, 2.45) is 5.41 Å². The van der Waals surface area contributed by atoms with E-state index in [0.717, 1.165) is 31.7 Å². The Kier molecular flexibility index (Phi) is 4.22. The Balaban J connectivity index is 2.04. The molecule has 0 radical (unpaired) electrons. The van der Waals surface area contributed by atoms with Crippen LogP contribution in [0.5, 0.6) is 0 Å². The highest BCUT2D eigenvalue weighted by atomic mass is 16.2. The van der Waals surface area contributed by atoms with Crippen molar-refractivity contribution in [2.75, 3.05) is 32.5 Å². The fourth-order valence-electron chi connectivity index (χ4n) is 2.41. The number of amides is 1. The van der Waals surface area contributed by atoms with E-state index in [1.807, 2.05) is 39.2 Å². The molecule has 1 fully saturated rings. The first kappa shape index (κ1) is 14.0. The normalized spacial score (nSPS) is 22.7. The van der Waals surface area contributed by atoms with Gasteiger partial charge >= 0.3 is 0 Å². The Bertz CT molecular complexity index is 450. The highest BCUT2D eigenvalue weighted by Crippen LogP contribution is 2.26. The smallest absolute Gasteiger partial charge is 0.231 e. The van der Waals surface area contributed by atoms with E-state index >= 15 is 0 Å². The maximum atomic E-state index is 12.3. The van der Waals surface area contributed by atoms with Gasteiger partial charge in [0.2, 0.25) is 5.91 Å². The van der Waals surface area contributed by atoms with Gasteiger partial charge in [-0.15, -0.1) is 0 Å². The van der Waals surface area contributed by atoms with Crippen molar-refractivity contribution in [1.82, 2.24) is 10.2 Å². The molecule has 0 saturated carbocycles.